The normalized spacial score (nSPS) is 15.7. The van der Waals surface area contributed by atoms with Gasteiger partial charge in [-0.25, -0.2) is 4.99 Å². The third-order valence-electron chi connectivity index (χ3n) is 3.84. The van der Waals surface area contributed by atoms with Gasteiger partial charge in [-0.15, -0.1) is 0 Å². The van der Waals surface area contributed by atoms with E-state index < -0.39 is 0 Å². The van der Waals surface area contributed by atoms with E-state index in [-0.39, 0.29) is 0 Å². The van der Waals surface area contributed by atoms with Crippen molar-refractivity contribution in [1.29, 1.82) is 0 Å². The number of aliphatic imine (C=N–C) groups is 1. The van der Waals surface area contributed by atoms with Crippen LogP contribution in [-0.2, 0) is 6.42 Å². The van der Waals surface area contributed by atoms with E-state index in [2.05, 4.69) is 22.3 Å². The van der Waals surface area contributed by atoms with Gasteiger partial charge in [0.1, 0.15) is 5.84 Å². The van der Waals surface area contributed by atoms with Crippen molar-refractivity contribution in [3.63, 3.8) is 0 Å². The Morgan fingerprint density at radius 3 is 2.09 bits per heavy atom. The zero-order chi connectivity index (χ0) is 16.1. The summed E-state index contributed by atoms with van der Waals surface area (Å²) in [5.41, 5.74) is 2.14. The number of amidine groups is 1. The number of nitrogens with zero attached hydrogens (tertiary/aromatic N) is 2. The molecule has 0 bridgehead atoms. The molecule has 1 aliphatic rings. The molecule has 23 heavy (non-hydrogen) atoms. The minimum atomic E-state index is 0.727. The third-order valence-corrected chi connectivity index (χ3v) is 4.35. The van der Waals surface area contributed by atoms with Crippen molar-refractivity contribution in [2.75, 3.05) is 26.2 Å². The molecule has 0 atom stereocenters. The molecule has 0 spiro atoms. The molecule has 5 heteroatoms. The highest BCUT2D eigenvalue weighted by Gasteiger charge is 2.15. The van der Waals surface area contributed by atoms with E-state index in [1.165, 1.54) is 5.56 Å². The molecule has 0 radical (unpaired) electrons. The minimum Gasteiger partial charge on any atom is -0.357 e. The third kappa shape index (κ3) is 4.71. The number of rotatable bonds is 3. The highest BCUT2D eigenvalue weighted by atomic mass is 35.5. The maximum Gasteiger partial charge on any atom is 0.109 e. The average Bonchev–Trinajstić information content (AvgIpc) is 2.59. The van der Waals surface area contributed by atoms with Crippen LogP contribution in [0.5, 0.6) is 0 Å². The molecule has 1 fully saturated rings. The first kappa shape index (κ1) is 16.3. The Morgan fingerprint density at radius 1 is 0.913 bits per heavy atom. The SMILES string of the molecule is Clc1ccc(CC(=Nc2ccc(Cl)cc2)N2CCNCC2)cc1. The number of piperazine rings is 1. The van der Waals surface area contributed by atoms with Crippen LogP contribution in [0.15, 0.2) is 53.5 Å². The number of hydrogen-bond donors (Lipinski definition) is 1. The summed E-state index contributed by atoms with van der Waals surface area (Å²) in [5, 5.41) is 4.86. The molecule has 2 aromatic carbocycles. The van der Waals surface area contributed by atoms with Gasteiger partial charge in [0.25, 0.3) is 0 Å². The van der Waals surface area contributed by atoms with Crippen LogP contribution in [0.1, 0.15) is 5.56 Å². The van der Waals surface area contributed by atoms with E-state index in [4.69, 9.17) is 28.2 Å². The van der Waals surface area contributed by atoms with Crippen molar-refractivity contribution in [2.45, 2.75) is 6.42 Å². The van der Waals surface area contributed by atoms with Crippen LogP contribution in [-0.4, -0.2) is 36.9 Å². The van der Waals surface area contributed by atoms with Crippen molar-refractivity contribution in [3.05, 3.63) is 64.1 Å². The summed E-state index contributed by atoms with van der Waals surface area (Å²) in [4.78, 5) is 7.21. The topological polar surface area (TPSA) is 27.6 Å². The number of halogens is 2. The molecule has 1 N–H and O–H groups in total. The maximum absolute atomic E-state index is 5.98. The van der Waals surface area contributed by atoms with E-state index in [1.807, 2.05) is 36.4 Å². The molecule has 1 aliphatic heterocycles. The predicted molar refractivity (Wildman–Crippen MR) is 98.1 cm³/mol. The average molecular weight is 348 g/mol. The quantitative estimate of drug-likeness (QED) is 0.666. The van der Waals surface area contributed by atoms with Gasteiger partial charge in [0.2, 0.25) is 0 Å². The predicted octanol–water partition coefficient (Wildman–Crippen LogP) is 4.17. The molecule has 0 aliphatic carbocycles. The van der Waals surface area contributed by atoms with Crippen molar-refractivity contribution in [2.24, 2.45) is 4.99 Å². The molecule has 0 saturated carbocycles. The van der Waals surface area contributed by atoms with Crippen LogP contribution < -0.4 is 5.32 Å². The van der Waals surface area contributed by atoms with Gasteiger partial charge < -0.3 is 10.2 Å². The molecule has 120 valence electrons. The zero-order valence-electron chi connectivity index (χ0n) is 12.8. The van der Waals surface area contributed by atoms with Crippen molar-refractivity contribution >= 4 is 34.7 Å². The molecule has 1 heterocycles. The second kappa shape index (κ2) is 7.82. The smallest absolute Gasteiger partial charge is 0.109 e. The summed E-state index contributed by atoms with van der Waals surface area (Å²) >= 11 is 11.9. The Labute approximate surface area is 146 Å². The lowest BCUT2D eigenvalue weighted by atomic mass is 10.1. The van der Waals surface area contributed by atoms with Crippen molar-refractivity contribution < 1.29 is 0 Å². The fourth-order valence-electron chi connectivity index (χ4n) is 2.59. The first-order chi connectivity index (χ1) is 11.2. The minimum absolute atomic E-state index is 0.727. The van der Waals surface area contributed by atoms with Crippen LogP contribution in [0.2, 0.25) is 10.0 Å². The lowest BCUT2D eigenvalue weighted by molar-refractivity contribution is 0.353. The van der Waals surface area contributed by atoms with Crippen LogP contribution in [0.4, 0.5) is 5.69 Å². The van der Waals surface area contributed by atoms with E-state index in [9.17, 15) is 0 Å². The van der Waals surface area contributed by atoms with Gasteiger partial charge in [0.15, 0.2) is 0 Å². The summed E-state index contributed by atoms with van der Waals surface area (Å²) in [6, 6.07) is 15.6. The van der Waals surface area contributed by atoms with Gasteiger partial charge in [-0.1, -0.05) is 35.3 Å². The maximum atomic E-state index is 5.98. The largest absolute Gasteiger partial charge is 0.357 e. The molecule has 1 saturated heterocycles. The lowest BCUT2D eigenvalue weighted by Crippen LogP contribution is -2.47. The van der Waals surface area contributed by atoms with Gasteiger partial charge in [-0.3, -0.25) is 0 Å². The summed E-state index contributed by atoms with van der Waals surface area (Å²) in [7, 11) is 0. The molecular formula is C18H19Cl2N3. The molecule has 0 amide bonds. The van der Waals surface area contributed by atoms with Gasteiger partial charge in [-0.2, -0.15) is 0 Å². The Balaban J connectivity index is 1.86. The zero-order valence-corrected chi connectivity index (χ0v) is 14.3. The number of nitrogens with one attached hydrogen (secondary N) is 1. The number of hydrogen-bond acceptors (Lipinski definition) is 2. The number of benzene rings is 2. The van der Waals surface area contributed by atoms with Crippen molar-refractivity contribution in [1.82, 2.24) is 10.2 Å². The summed E-state index contributed by atoms with van der Waals surface area (Å²) in [6.07, 6.45) is 0.791. The highest BCUT2D eigenvalue weighted by molar-refractivity contribution is 6.30. The van der Waals surface area contributed by atoms with E-state index in [0.29, 0.717) is 0 Å². The lowest BCUT2D eigenvalue weighted by Gasteiger charge is -2.30. The van der Waals surface area contributed by atoms with Crippen LogP contribution >= 0.6 is 23.2 Å². The fraction of sp³-hybridized carbons (Fsp3) is 0.278. The van der Waals surface area contributed by atoms with Gasteiger partial charge in [0, 0.05) is 42.6 Å². The Kier molecular flexibility index (Phi) is 5.55. The molecule has 0 unspecified atom stereocenters. The van der Waals surface area contributed by atoms with E-state index >= 15 is 0 Å². The van der Waals surface area contributed by atoms with Crippen molar-refractivity contribution in [3.8, 4) is 0 Å². The van der Waals surface area contributed by atoms with Gasteiger partial charge in [-0.05, 0) is 42.0 Å². The Bertz CT molecular complexity index is 660. The Morgan fingerprint density at radius 2 is 1.48 bits per heavy atom. The Hall–Kier alpha value is -1.55. The second-order valence-electron chi connectivity index (χ2n) is 5.54. The van der Waals surface area contributed by atoms with Gasteiger partial charge >= 0.3 is 0 Å². The first-order valence-electron chi connectivity index (χ1n) is 7.74. The second-order valence-corrected chi connectivity index (χ2v) is 6.42. The van der Waals surface area contributed by atoms with Gasteiger partial charge in [0.05, 0.1) is 5.69 Å². The van der Waals surface area contributed by atoms with E-state index in [1.54, 1.807) is 0 Å². The first-order valence-corrected chi connectivity index (χ1v) is 8.49. The monoisotopic (exact) mass is 347 g/mol. The summed E-state index contributed by atoms with van der Waals surface area (Å²) in [5.74, 6) is 1.08. The fourth-order valence-corrected chi connectivity index (χ4v) is 2.85. The highest BCUT2D eigenvalue weighted by Crippen LogP contribution is 2.19. The molecule has 3 nitrogen and oxygen atoms in total. The molecule has 2 aromatic rings. The van der Waals surface area contributed by atoms with Crippen LogP contribution in [0.3, 0.4) is 0 Å². The summed E-state index contributed by atoms with van der Waals surface area (Å²) in [6.45, 7) is 3.92. The standard InChI is InChI=1S/C18H19Cl2N3/c19-15-3-1-14(2-4-15)13-18(23-11-9-21-10-12-23)22-17-7-5-16(20)6-8-17/h1-8,21H,9-13H2. The molecular weight excluding hydrogens is 329 g/mol. The summed E-state index contributed by atoms with van der Waals surface area (Å²) < 4.78 is 0. The molecule has 0 aromatic heterocycles. The molecule has 3 rings (SSSR count). The van der Waals surface area contributed by atoms with Crippen LogP contribution in [0, 0.1) is 0 Å². The van der Waals surface area contributed by atoms with E-state index in [0.717, 1.165) is 54.2 Å². The van der Waals surface area contributed by atoms with Crippen LogP contribution in [0.25, 0.3) is 0 Å².